The van der Waals surface area contributed by atoms with E-state index in [-0.39, 0.29) is 20.1 Å². The highest BCUT2D eigenvalue weighted by atomic mass is 32.2. The number of nitrogens with zero attached hydrogens (tertiary/aromatic N) is 5. The normalized spacial score (nSPS) is 13.7. The molecule has 0 radical (unpaired) electrons. The predicted molar refractivity (Wildman–Crippen MR) is 442 cm³/mol. The van der Waals surface area contributed by atoms with Crippen molar-refractivity contribution in [1.82, 2.24) is 0 Å². The Bertz CT molecular complexity index is 5420. The fourth-order valence-electron chi connectivity index (χ4n) is 16.3. The van der Waals surface area contributed by atoms with Crippen molar-refractivity contribution in [3.8, 4) is 0 Å². The second kappa shape index (κ2) is 23.9. The van der Waals surface area contributed by atoms with Crippen LogP contribution in [0.4, 0.5) is 73.9 Å². The Morgan fingerprint density at radius 2 is 0.580 bits per heavy atom. The van der Waals surface area contributed by atoms with Gasteiger partial charge < -0.3 is 14.7 Å². The van der Waals surface area contributed by atoms with Gasteiger partial charge in [-0.2, -0.15) is 0 Å². The van der Waals surface area contributed by atoms with Crippen molar-refractivity contribution >= 4 is 256 Å². The van der Waals surface area contributed by atoms with Crippen LogP contribution in [0.15, 0.2) is 330 Å². The summed E-state index contributed by atoms with van der Waals surface area (Å²) < 4.78 is 10.7. The minimum absolute atomic E-state index is 0.0174. The van der Waals surface area contributed by atoms with Gasteiger partial charge in [0.1, 0.15) is 0 Å². The van der Waals surface area contributed by atoms with Gasteiger partial charge in [-0.3, -0.25) is 8.61 Å². The van der Waals surface area contributed by atoms with Gasteiger partial charge in [0, 0.05) is 129 Å². The van der Waals surface area contributed by atoms with Gasteiger partial charge in [0.15, 0.2) is 0 Å². The van der Waals surface area contributed by atoms with Crippen LogP contribution in [0.3, 0.4) is 0 Å². The molecule has 13 aromatic carbocycles. The van der Waals surface area contributed by atoms with Crippen LogP contribution in [0.1, 0.15) is 0 Å². The highest BCUT2D eigenvalue weighted by Crippen LogP contribution is 2.53. The third-order valence-electron chi connectivity index (χ3n) is 20.4. The van der Waals surface area contributed by atoms with Gasteiger partial charge in [0.25, 0.3) is 20.1 Å². The number of hydrogen-bond donors (Lipinski definition) is 0. The molecule has 0 spiro atoms. The molecule has 0 atom stereocenters. The van der Waals surface area contributed by atoms with Gasteiger partial charge in [-0.1, -0.05) is 216 Å². The molecule has 15 aromatic rings. The molecule has 0 unspecified atom stereocenters. The van der Waals surface area contributed by atoms with Gasteiger partial charge in [0.05, 0.1) is 17.1 Å². The topological polar surface area (TPSA) is 16.2 Å². The minimum Gasteiger partial charge on any atom is -0.310 e. The number of hydrogen-bond acceptors (Lipinski definition) is 13. The van der Waals surface area contributed by atoms with Crippen LogP contribution < -0.4 is 71.1 Å². The molecule has 472 valence electrons. The largest absolute Gasteiger partial charge is 0.310 e. The molecule has 0 amide bonds. The zero-order chi connectivity index (χ0) is 65.8. The summed E-state index contributed by atoms with van der Waals surface area (Å²) >= 11 is 15.5. The Labute approximate surface area is 616 Å². The van der Waals surface area contributed by atoms with E-state index in [2.05, 4.69) is 327 Å². The highest BCUT2D eigenvalue weighted by molar-refractivity contribution is 8.02. The molecule has 0 N–H and O–H groups in total. The van der Waals surface area contributed by atoms with Gasteiger partial charge in [-0.25, -0.2) is 0 Å². The highest BCUT2D eigenvalue weighted by Gasteiger charge is 2.49. The minimum atomic E-state index is -0.120. The summed E-state index contributed by atoms with van der Waals surface area (Å²) in [6.07, 6.45) is 4.55. The monoisotopic (exact) mass is 1420 g/mol. The van der Waals surface area contributed by atoms with Crippen molar-refractivity contribution in [2.45, 2.75) is 39.2 Å². The fraction of sp³-hybridized carbons (Fsp3) is 0.0238. The number of anilines is 13. The zero-order valence-electron chi connectivity index (χ0n) is 53.9. The Balaban J connectivity index is 0.812. The van der Waals surface area contributed by atoms with Crippen molar-refractivity contribution in [2.24, 2.45) is 0 Å². The van der Waals surface area contributed by atoms with E-state index in [4.69, 9.17) is 0 Å². The van der Waals surface area contributed by atoms with Crippen molar-refractivity contribution in [2.75, 3.05) is 35.8 Å². The van der Waals surface area contributed by atoms with E-state index in [9.17, 15) is 0 Å². The van der Waals surface area contributed by atoms with E-state index in [1.807, 2.05) is 93.6 Å². The summed E-state index contributed by atoms with van der Waals surface area (Å²) in [4.78, 5) is 18.0. The number of rotatable bonds is 11. The summed E-state index contributed by atoms with van der Waals surface area (Å²) in [6.45, 7) is -0.0855. The average molecular weight is 1420 g/mol. The maximum absolute atomic E-state index is 2.70. The summed E-state index contributed by atoms with van der Waals surface area (Å²) in [5.41, 5.74) is 24.7. The number of benzene rings is 13. The Hall–Kier alpha value is -8.93. The van der Waals surface area contributed by atoms with E-state index < -0.39 is 0 Å². The van der Waals surface area contributed by atoms with Gasteiger partial charge in [-0.15, -0.1) is 22.7 Å². The quantitative estimate of drug-likeness (QED) is 0.0910. The molecular weight excluding hydrogens is 1370 g/mol. The van der Waals surface area contributed by atoms with Crippen molar-refractivity contribution in [1.29, 1.82) is 0 Å². The van der Waals surface area contributed by atoms with Crippen LogP contribution in [0, 0.1) is 0 Å². The van der Waals surface area contributed by atoms with Gasteiger partial charge in [-0.05, 0) is 194 Å². The molecule has 8 heterocycles. The molecule has 2 aromatic heterocycles. The molecule has 6 aliphatic heterocycles. The van der Waals surface area contributed by atoms with E-state index >= 15 is 0 Å². The third-order valence-corrected chi connectivity index (χ3v) is 29.3. The lowest BCUT2D eigenvalue weighted by atomic mass is 9.31. The van der Waals surface area contributed by atoms with Crippen molar-refractivity contribution in [3.63, 3.8) is 0 Å². The zero-order valence-corrected chi connectivity index (χ0v) is 60.5. The standard InChI is InChI=1S/C84H54B3N5S8/c1-93-91-66-49-72-64(86-79-74(95-72)43-58(89(53-29-13-5-14-30-53)54-31-15-6-16-32-54)45-76(79)97-81-60-37-21-23-39-70(60)99-83(81)86)47-62(66)85-63-48-65-73(50-67(63)92(94-2)69-42-57(41-68(91)78(69)85)88(51-25-9-3-10-26-51)52-27-11-4-12-28-52)96-75-44-59(90(55-33-17-7-18-34-55)56-35-19-8-20-36-56)46-77-80(75)87(65)84-82(98-77)61-38-22-24-40-71(61)100-84/h3-50H,1-2H3. The van der Waals surface area contributed by atoms with Crippen LogP contribution in [0.5, 0.6) is 0 Å². The second-order valence-electron chi connectivity index (χ2n) is 25.8. The average Bonchev–Trinajstić information content (AvgIpc) is 0.914. The Morgan fingerprint density at radius 1 is 0.270 bits per heavy atom. The summed E-state index contributed by atoms with van der Waals surface area (Å²) in [5, 5.41) is 2.67. The van der Waals surface area contributed by atoms with Crippen LogP contribution in [0.25, 0.3) is 20.2 Å². The summed E-state index contributed by atoms with van der Waals surface area (Å²) in [6, 6.07) is 109. The molecule has 0 bridgehead atoms. The molecule has 16 heteroatoms. The van der Waals surface area contributed by atoms with Crippen LogP contribution >= 0.6 is 93.6 Å². The Kier molecular flexibility index (Phi) is 14.3. The SMILES string of the molecule is CSN1c2cc3c(cc2B2c4cc5c(cc4N(SC)c4cc(N(c6ccccc6)c6ccccc6)cc1c42)Sc1cc(N(c2ccccc2)c2ccccc2)cc2c1B5c1sc4ccccc4c1S2)B1c2sc4ccccc4c2Sc2cc(N(c4ccccc4)c4ccccc4)cc(c21)S3. The maximum Gasteiger partial charge on any atom is 0.259 e. The first-order valence-corrected chi connectivity index (χ1v) is 40.8. The van der Waals surface area contributed by atoms with E-state index in [0.717, 1.165) is 51.2 Å². The number of para-hydroxylation sites is 6. The molecule has 0 saturated heterocycles. The molecular formula is C84H54B3N5S8. The van der Waals surface area contributed by atoms with Crippen LogP contribution in [-0.2, 0) is 0 Å². The lowest BCUT2D eigenvalue weighted by molar-refractivity contribution is 1.23. The smallest absolute Gasteiger partial charge is 0.259 e. The van der Waals surface area contributed by atoms with E-state index in [1.165, 1.54) is 130 Å². The first-order chi connectivity index (χ1) is 49.5. The molecule has 6 aliphatic rings. The fourth-order valence-corrected chi connectivity index (χ4v) is 25.8. The third kappa shape index (κ3) is 9.27. The van der Waals surface area contributed by atoms with E-state index in [0.29, 0.717) is 0 Å². The Morgan fingerprint density at radius 3 is 0.920 bits per heavy atom. The first kappa shape index (κ1) is 59.9. The van der Waals surface area contributed by atoms with Crippen molar-refractivity contribution < 1.29 is 0 Å². The number of thiophene rings is 2. The summed E-state index contributed by atoms with van der Waals surface area (Å²) in [5.74, 6) is 0. The lowest BCUT2D eigenvalue weighted by Crippen LogP contribution is -2.65. The van der Waals surface area contributed by atoms with Gasteiger partial charge >= 0.3 is 0 Å². The molecule has 5 nitrogen and oxygen atoms in total. The molecule has 100 heavy (non-hydrogen) atoms. The second-order valence-corrected chi connectivity index (χ2v) is 33.7. The summed E-state index contributed by atoms with van der Waals surface area (Å²) in [7, 11) is 0. The maximum atomic E-state index is 2.70. The lowest BCUT2D eigenvalue weighted by Gasteiger charge is -2.45. The van der Waals surface area contributed by atoms with Crippen molar-refractivity contribution in [3.05, 3.63) is 291 Å². The molecule has 0 aliphatic carbocycles. The predicted octanol–water partition coefficient (Wildman–Crippen LogP) is 19.4. The number of fused-ring (bicyclic) bond motifs is 16. The molecule has 21 rings (SSSR count). The van der Waals surface area contributed by atoms with Crippen LogP contribution in [-0.4, -0.2) is 32.6 Å². The molecule has 0 fully saturated rings. The van der Waals surface area contributed by atoms with Gasteiger partial charge in [0.2, 0.25) is 0 Å². The van der Waals surface area contributed by atoms with Crippen LogP contribution in [0.2, 0.25) is 0 Å². The first-order valence-electron chi connectivity index (χ1n) is 33.5. The molecule has 0 saturated carbocycles. The van der Waals surface area contributed by atoms with E-state index in [1.54, 1.807) is 0 Å².